The van der Waals surface area contributed by atoms with E-state index in [-0.39, 0.29) is 17.5 Å². The Morgan fingerprint density at radius 2 is 1.35 bits per heavy atom. The SMILES string of the molecule is CCC1C2=C(CC(C)CC2=O)OC2=C1C(=O)CC(C)C2. The maximum absolute atomic E-state index is 12.4. The van der Waals surface area contributed by atoms with Gasteiger partial charge in [0, 0.05) is 42.7 Å². The van der Waals surface area contributed by atoms with Crippen LogP contribution in [0.1, 0.15) is 52.9 Å². The first kappa shape index (κ1) is 13.6. The molecule has 3 aliphatic rings. The van der Waals surface area contributed by atoms with Crippen LogP contribution >= 0.6 is 0 Å². The number of allylic oxidation sites excluding steroid dienone is 4. The van der Waals surface area contributed by atoms with Crippen LogP contribution in [0.3, 0.4) is 0 Å². The zero-order chi connectivity index (χ0) is 14.4. The van der Waals surface area contributed by atoms with E-state index in [1.807, 2.05) is 0 Å². The van der Waals surface area contributed by atoms with E-state index in [0.29, 0.717) is 24.7 Å². The van der Waals surface area contributed by atoms with E-state index in [1.165, 1.54) is 0 Å². The normalized spacial score (nSPS) is 33.9. The highest BCUT2D eigenvalue weighted by atomic mass is 16.5. The fourth-order valence-electron chi connectivity index (χ4n) is 3.83. The third-order valence-corrected chi connectivity index (χ3v) is 4.69. The largest absolute Gasteiger partial charge is 0.465 e. The third kappa shape index (κ3) is 2.04. The van der Waals surface area contributed by atoms with Crippen molar-refractivity contribution in [1.29, 1.82) is 0 Å². The Morgan fingerprint density at radius 3 is 1.75 bits per heavy atom. The molecule has 3 heteroatoms. The fraction of sp³-hybridized carbons (Fsp3) is 0.647. The molecule has 2 aliphatic carbocycles. The molecule has 0 spiro atoms. The van der Waals surface area contributed by atoms with Gasteiger partial charge in [-0.1, -0.05) is 20.8 Å². The minimum absolute atomic E-state index is 0.0197. The summed E-state index contributed by atoms with van der Waals surface area (Å²) in [5.41, 5.74) is 1.60. The first-order valence-electron chi connectivity index (χ1n) is 7.71. The molecule has 20 heavy (non-hydrogen) atoms. The second-order valence-electron chi connectivity index (χ2n) is 6.61. The van der Waals surface area contributed by atoms with E-state index >= 15 is 0 Å². The van der Waals surface area contributed by atoms with E-state index in [0.717, 1.165) is 41.9 Å². The van der Waals surface area contributed by atoms with Gasteiger partial charge in [0.2, 0.25) is 0 Å². The molecule has 0 radical (unpaired) electrons. The molecular weight excluding hydrogens is 252 g/mol. The smallest absolute Gasteiger partial charge is 0.163 e. The lowest BCUT2D eigenvalue weighted by atomic mass is 9.72. The van der Waals surface area contributed by atoms with Crippen molar-refractivity contribution >= 4 is 11.6 Å². The van der Waals surface area contributed by atoms with Gasteiger partial charge in [-0.15, -0.1) is 0 Å². The van der Waals surface area contributed by atoms with Gasteiger partial charge in [-0.2, -0.15) is 0 Å². The minimum Gasteiger partial charge on any atom is -0.465 e. The van der Waals surface area contributed by atoms with Crippen molar-refractivity contribution in [2.45, 2.75) is 52.9 Å². The first-order valence-corrected chi connectivity index (χ1v) is 7.71. The van der Waals surface area contributed by atoms with Gasteiger partial charge in [-0.05, 0) is 18.3 Å². The lowest BCUT2D eigenvalue weighted by Gasteiger charge is -2.37. The summed E-state index contributed by atoms with van der Waals surface area (Å²) in [5.74, 6) is 2.73. The summed E-state index contributed by atoms with van der Waals surface area (Å²) in [6.45, 7) is 6.23. The van der Waals surface area contributed by atoms with Crippen LogP contribution in [-0.4, -0.2) is 11.6 Å². The second-order valence-corrected chi connectivity index (χ2v) is 6.61. The highest BCUT2D eigenvalue weighted by Gasteiger charge is 2.42. The molecule has 2 unspecified atom stereocenters. The molecule has 0 saturated carbocycles. The zero-order valence-corrected chi connectivity index (χ0v) is 12.5. The van der Waals surface area contributed by atoms with Crippen molar-refractivity contribution in [2.75, 3.05) is 0 Å². The molecule has 1 aliphatic heterocycles. The van der Waals surface area contributed by atoms with E-state index < -0.39 is 0 Å². The third-order valence-electron chi connectivity index (χ3n) is 4.69. The Balaban J connectivity index is 2.05. The maximum Gasteiger partial charge on any atom is 0.163 e. The molecular formula is C17H22O3. The predicted molar refractivity (Wildman–Crippen MR) is 75.7 cm³/mol. The number of carbonyl (C=O) groups excluding carboxylic acids is 2. The van der Waals surface area contributed by atoms with Crippen molar-refractivity contribution in [3.05, 3.63) is 22.7 Å². The second kappa shape index (κ2) is 4.87. The molecule has 3 nitrogen and oxygen atoms in total. The Hall–Kier alpha value is -1.38. The molecule has 0 aromatic heterocycles. The van der Waals surface area contributed by atoms with Crippen molar-refractivity contribution in [3.8, 4) is 0 Å². The molecule has 0 amide bonds. The van der Waals surface area contributed by atoms with Crippen LogP contribution < -0.4 is 0 Å². The van der Waals surface area contributed by atoms with Crippen molar-refractivity contribution in [2.24, 2.45) is 17.8 Å². The van der Waals surface area contributed by atoms with Gasteiger partial charge in [0.1, 0.15) is 11.5 Å². The Bertz CT molecular complexity index is 492. The molecule has 108 valence electrons. The monoisotopic (exact) mass is 274 g/mol. The molecule has 3 rings (SSSR count). The maximum atomic E-state index is 12.4. The quantitative estimate of drug-likeness (QED) is 0.734. The summed E-state index contributed by atoms with van der Waals surface area (Å²) in [6, 6.07) is 0. The molecule has 1 heterocycles. The number of ketones is 2. The zero-order valence-electron chi connectivity index (χ0n) is 12.5. The van der Waals surface area contributed by atoms with E-state index in [1.54, 1.807) is 0 Å². The van der Waals surface area contributed by atoms with Crippen LogP contribution in [0.5, 0.6) is 0 Å². The van der Waals surface area contributed by atoms with Crippen LogP contribution in [0, 0.1) is 17.8 Å². The van der Waals surface area contributed by atoms with E-state index in [9.17, 15) is 9.59 Å². The van der Waals surface area contributed by atoms with E-state index in [2.05, 4.69) is 20.8 Å². The molecule has 0 aromatic carbocycles. The number of hydrogen-bond donors (Lipinski definition) is 0. The lowest BCUT2D eigenvalue weighted by Crippen LogP contribution is -2.34. The number of ether oxygens (including phenoxy) is 1. The average molecular weight is 274 g/mol. The van der Waals surface area contributed by atoms with Gasteiger partial charge < -0.3 is 4.74 Å². The number of Topliss-reactive ketones (excluding diaryl/α,β-unsaturated/α-hetero) is 2. The summed E-state index contributed by atoms with van der Waals surface area (Å²) in [7, 11) is 0. The first-order chi connectivity index (χ1) is 9.51. The minimum atomic E-state index is -0.0197. The summed E-state index contributed by atoms with van der Waals surface area (Å²) in [4.78, 5) is 24.8. The van der Waals surface area contributed by atoms with Gasteiger partial charge in [-0.25, -0.2) is 0 Å². The van der Waals surface area contributed by atoms with Crippen LogP contribution in [0.4, 0.5) is 0 Å². The Labute approximate surface area is 120 Å². The van der Waals surface area contributed by atoms with Crippen LogP contribution in [-0.2, 0) is 14.3 Å². The summed E-state index contributed by atoms with van der Waals surface area (Å²) in [5, 5.41) is 0. The predicted octanol–water partition coefficient (Wildman–Crippen LogP) is 3.55. The van der Waals surface area contributed by atoms with Gasteiger partial charge in [0.25, 0.3) is 0 Å². The van der Waals surface area contributed by atoms with Crippen LogP contribution in [0.25, 0.3) is 0 Å². The standard InChI is InChI=1S/C17H22O3/c1-4-11-16-12(18)5-9(2)7-14(16)20-15-8-10(3)6-13(19)17(11)15/h9-11H,4-8H2,1-3H3. The fourth-order valence-corrected chi connectivity index (χ4v) is 3.83. The van der Waals surface area contributed by atoms with Crippen LogP contribution in [0.15, 0.2) is 22.7 Å². The molecule has 0 saturated heterocycles. The van der Waals surface area contributed by atoms with Crippen molar-refractivity contribution in [3.63, 3.8) is 0 Å². The van der Waals surface area contributed by atoms with Gasteiger partial charge in [-0.3, -0.25) is 9.59 Å². The number of hydrogen-bond acceptors (Lipinski definition) is 3. The molecule has 0 N–H and O–H groups in total. The van der Waals surface area contributed by atoms with Gasteiger partial charge in [0.15, 0.2) is 11.6 Å². The van der Waals surface area contributed by atoms with Gasteiger partial charge >= 0.3 is 0 Å². The highest BCUT2D eigenvalue weighted by molar-refractivity contribution is 6.04. The molecule has 0 bridgehead atoms. The summed E-state index contributed by atoms with van der Waals surface area (Å²) >= 11 is 0. The van der Waals surface area contributed by atoms with E-state index in [4.69, 9.17) is 4.74 Å². The molecule has 0 aromatic rings. The van der Waals surface area contributed by atoms with Crippen LogP contribution in [0.2, 0.25) is 0 Å². The lowest BCUT2D eigenvalue weighted by molar-refractivity contribution is -0.119. The van der Waals surface area contributed by atoms with Crippen molar-refractivity contribution < 1.29 is 14.3 Å². The number of carbonyl (C=O) groups is 2. The molecule has 2 atom stereocenters. The summed E-state index contributed by atoms with van der Waals surface area (Å²) in [6.07, 6.45) is 3.65. The highest BCUT2D eigenvalue weighted by Crippen LogP contribution is 2.46. The van der Waals surface area contributed by atoms with Gasteiger partial charge in [0.05, 0.1) is 0 Å². The topological polar surface area (TPSA) is 43.4 Å². The average Bonchev–Trinajstić information content (AvgIpc) is 2.35. The molecule has 0 fully saturated rings. The Kier molecular flexibility index (Phi) is 3.31. The van der Waals surface area contributed by atoms with Crippen molar-refractivity contribution in [1.82, 2.24) is 0 Å². The summed E-state index contributed by atoms with van der Waals surface area (Å²) < 4.78 is 6.03. The number of rotatable bonds is 1. The Morgan fingerprint density at radius 1 is 0.900 bits per heavy atom.